The SMILES string of the molecule is CCN(CC)CCn1c(C)nc2nc3ccccc3nc2c1=N. The summed E-state index contributed by atoms with van der Waals surface area (Å²) in [5, 5.41) is 8.52. The summed E-state index contributed by atoms with van der Waals surface area (Å²) >= 11 is 0. The second kappa shape index (κ2) is 6.42. The van der Waals surface area contributed by atoms with Crippen molar-refractivity contribution in [3.63, 3.8) is 0 Å². The highest BCUT2D eigenvalue weighted by atomic mass is 15.2. The number of para-hydroxylation sites is 2. The molecule has 2 aromatic heterocycles. The van der Waals surface area contributed by atoms with Gasteiger partial charge in [0.05, 0.1) is 11.0 Å². The molecule has 0 aliphatic heterocycles. The molecule has 0 unspecified atom stereocenters. The van der Waals surface area contributed by atoms with Gasteiger partial charge in [0.1, 0.15) is 5.82 Å². The number of aryl methyl sites for hydroxylation is 1. The van der Waals surface area contributed by atoms with Crippen molar-refractivity contribution in [1.29, 1.82) is 5.41 Å². The first-order valence-electron chi connectivity index (χ1n) is 8.05. The topological polar surface area (TPSA) is 70.7 Å². The average Bonchev–Trinajstić information content (AvgIpc) is 2.57. The number of nitrogens with one attached hydrogen (secondary N) is 1. The largest absolute Gasteiger partial charge is 0.312 e. The van der Waals surface area contributed by atoms with Crippen LogP contribution in [0.1, 0.15) is 19.7 Å². The fourth-order valence-electron chi connectivity index (χ4n) is 2.79. The zero-order chi connectivity index (χ0) is 16.4. The predicted octanol–water partition coefficient (Wildman–Crippen LogP) is 2.11. The van der Waals surface area contributed by atoms with E-state index in [0.29, 0.717) is 16.7 Å². The van der Waals surface area contributed by atoms with Crippen LogP contribution in [0.2, 0.25) is 0 Å². The Kier molecular flexibility index (Phi) is 4.34. The molecule has 0 atom stereocenters. The normalized spacial score (nSPS) is 11.7. The minimum absolute atomic E-state index is 0.387. The van der Waals surface area contributed by atoms with E-state index < -0.39 is 0 Å². The number of likely N-dealkylation sites (N-methyl/N-ethyl adjacent to an activating group) is 1. The van der Waals surface area contributed by atoms with E-state index in [1.165, 1.54) is 0 Å². The molecule has 2 heterocycles. The minimum atomic E-state index is 0.387. The highest BCUT2D eigenvalue weighted by Crippen LogP contribution is 2.12. The number of nitrogens with zero attached hydrogens (tertiary/aromatic N) is 5. The molecule has 120 valence electrons. The van der Waals surface area contributed by atoms with Crippen molar-refractivity contribution >= 4 is 22.2 Å². The molecule has 1 aromatic carbocycles. The molecular formula is C17H22N6. The summed E-state index contributed by atoms with van der Waals surface area (Å²) in [6.45, 7) is 9.89. The third kappa shape index (κ3) is 2.94. The standard InChI is InChI=1S/C17H22N6/c1-4-22(5-2)10-11-23-12(3)19-17-15(16(23)18)20-13-8-6-7-9-14(13)21-17/h6-9,18H,4-5,10-11H2,1-3H3. The first-order valence-corrected chi connectivity index (χ1v) is 8.05. The minimum Gasteiger partial charge on any atom is -0.312 e. The molecule has 23 heavy (non-hydrogen) atoms. The molecule has 6 nitrogen and oxygen atoms in total. The summed E-state index contributed by atoms with van der Waals surface area (Å²) in [6, 6.07) is 7.71. The Bertz CT molecular complexity index is 895. The third-order valence-corrected chi connectivity index (χ3v) is 4.24. The van der Waals surface area contributed by atoms with Gasteiger partial charge in [-0.05, 0) is 32.1 Å². The molecule has 0 bridgehead atoms. The van der Waals surface area contributed by atoms with E-state index >= 15 is 0 Å². The van der Waals surface area contributed by atoms with Gasteiger partial charge in [-0.2, -0.15) is 0 Å². The lowest BCUT2D eigenvalue weighted by Gasteiger charge is -2.20. The molecule has 0 aliphatic rings. The van der Waals surface area contributed by atoms with E-state index in [1.807, 2.05) is 35.8 Å². The number of benzene rings is 1. The molecular weight excluding hydrogens is 288 g/mol. The quantitative estimate of drug-likeness (QED) is 0.733. The highest BCUT2D eigenvalue weighted by molar-refractivity contribution is 5.83. The Morgan fingerprint density at radius 3 is 2.35 bits per heavy atom. The summed E-state index contributed by atoms with van der Waals surface area (Å²) in [5.74, 6) is 0.805. The Labute approximate surface area is 135 Å². The van der Waals surface area contributed by atoms with Crippen LogP contribution >= 0.6 is 0 Å². The molecule has 1 N–H and O–H groups in total. The van der Waals surface area contributed by atoms with Crippen LogP contribution in [0.4, 0.5) is 0 Å². The van der Waals surface area contributed by atoms with Crippen molar-refractivity contribution in [3.8, 4) is 0 Å². The van der Waals surface area contributed by atoms with Gasteiger partial charge < -0.3 is 9.47 Å². The average molecular weight is 310 g/mol. The van der Waals surface area contributed by atoms with Crippen molar-refractivity contribution in [2.45, 2.75) is 27.3 Å². The molecule has 0 fully saturated rings. The Hall–Kier alpha value is -2.34. The smallest absolute Gasteiger partial charge is 0.184 e. The van der Waals surface area contributed by atoms with Crippen LogP contribution in [0.25, 0.3) is 22.2 Å². The van der Waals surface area contributed by atoms with Gasteiger partial charge in [-0.15, -0.1) is 0 Å². The van der Waals surface area contributed by atoms with Crippen molar-refractivity contribution in [1.82, 2.24) is 24.4 Å². The van der Waals surface area contributed by atoms with Gasteiger partial charge in [-0.25, -0.2) is 15.0 Å². The predicted molar refractivity (Wildman–Crippen MR) is 91.2 cm³/mol. The maximum Gasteiger partial charge on any atom is 0.184 e. The van der Waals surface area contributed by atoms with Crippen LogP contribution in [0.5, 0.6) is 0 Å². The molecule has 0 radical (unpaired) electrons. The monoisotopic (exact) mass is 310 g/mol. The lowest BCUT2D eigenvalue weighted by Crippen LogP contribution is -2.33. The summed E-state index contributed by atoms with van der Waals surface area (Å²) in [6.07, 6.45) is 0. The van der Waals surface area contributed by atoms with Crippen LogP contribution in [0, 0.1) is 12.3 Å². The molecule has 0 spiro atoms. The summed E-state index contributed by atoms with van der Waals surface area (Å²) in [4.78, 5) is 16.1. The molecule has 0 saturated carbocycles. The van der Waals surface area contributed by atoms with E-state index in [9.17, 15) is 0 Å². The van der Waals surface area contributed by atoms with Gasteiger partial charge in [0, 0.05) is 13.1 Å². The van der Waals surface area contributed by atoms with Gasteiger partial charge in [-0.1, -0.05) is 26.0 Å². The molecule has 0 aliphatic carbocycles. The van der Waals surface area contributed by atoms with Crippen molar-refractivity contribution in [2.75, 3.05) is 19.6 Å². The number of hydrogen-bond donors (Lipinski definition) is 1. The lowest BCUT2D eigenvalue weighted by molar-refractivity contribution is 0.287. The molecule has 0 saturated heterocycles. The number of fused-ring (bicyclic) bond motifs is 2. The van der Waals surface area contributed by atoms with E-state index in [0.717, 1.165) is 43.0 Å². The molecule has 0 amide bonds. The molecule has 3 rings (SSSR count). The summed E-state index contributed by atoms with van der Waals surface area (Å²) in [5.41, 5.74) is 3.11. The number of hydrogen-bond acceptors (Lipinski definition) is 5. The Morgan fingerprint density at radius 2 is 1.70 bits per heavy atom. The van der Waals surface area contributed by atoms with E-state index in [1.54, 1.807) is 0 Å². The van der Waals surface area contributed by atoms with Crippen LogP contribution in [0.15, 0.2) is 24.3 Å². The zero-order valence-corrected chi connectivity index (χ0v) is 13.9. The van der Waals surface area contributed by atoms with E-state index in [-0.39, 0.29) is 0 Å². The zero-order valence-electron chi connectivity index (χ0n) is 13.9. The van der Waals surface area contributed by atoms with E-state index in [4.69, 9.17) is 5.41 Å². The van der Waals surface area contributed by atoms with Gasteiger partial charge >= 0.3 is 0 Å². The van der Waals surface area contributed by atoms with Gasteiger partial charge in [0.15, 0.2) is 16.7 Å². The van der Waals surface area contributed by atoms with Crippen LogP contribution in [-0.4, -0.2) is 44.1 Å². The van der Waals surface area contributed by atoms with E-state index in [2.05, 4.69) is 33.7 Å². The van der Waals surface area contributed by atoms with Gasteiger partial charge in [0.25, 0.3) is 0 Å². The maximum atomic E-state index is 8.52. The fourth-order valence-corrected chi connectivity index (χ4v) is 2.79. The first-order chi connectivity index (χ1) is 11.1. The fraction of sp³-hybridized carbons (Fsp3) is 0.412. The lowest BCUT2D eigenvalue weighted by atomic mass is 10.3. The van der Waals surface area contributed by atoms with Crippen LogP contribution < -0.4 is 5.49 Å². The Balaban J connectivity index is 2.09. The van der Waals surface area contributed by atoms with Gasteiger partial charge in [-0.3, -0.25) is 5.41 Å². The van der Waals surface area contributed by atoms with Crippen LogP contribution in [-0.2, 0) is 6.54 Å². The summed E-state index contributed by atoms with van der Waals surface area (Å²) < 4.78 is 1.92. The number of aromatic nitrogens is 4. The maximum absolute atomic E-state index is 8.52. The second-order valence-electron chi connectivity index (χ2n) is 5.57. The van der Waals surface area contributed by atoms with Crippen molar-refractivity contribution in [2.24, 2.45) is 0 Å². The van der Waals surface area contributed by atoms with Crippen molar-refractivity contribution < 1.29 is 0 Å². The van der Waals surface area contributed by atoms with Crippen LogP contribution in [0.3, 0.4) is 0 Å². The summed E-state index contributed by atoms with van der Waals surface area (Å²) in [7, 11) is 0. The molecule has 3 aromatic rings. The first kappa shape index (κ1) is 15.6. The Morgan fingerprint density at radius 1 is 1.04 bits per heavy atom. The molecule has 6 heteroatoms. The number of rotatable bonds is 5. The van der Waals surface area contributed by atoms with Gasteiger partial charge in [0.2, 0.25) is 0 Å². The highest BCUT2D eigenvalue weighted by Gasteiger charge is 2.10. The second-order valence-corrected chi connectivity index (χ2v) is 5.57. The van der Waals surface area contributed by atoms with Crippen molar-refractivity contribution in [3.05, 3.63) is 35.6 Å². The third-order valence-electron chi connectivity index (χ3n) is 4.24.